The van der Waals surface area contributed by atoms with Crippen LogP contribution in [0.1, 0.15) is 6.92 Å². The lowest BCUT2D eigenvalue weighted by atomic mass is 10.2. The van der Waals surface area contributed by atoms with Crippen LogP contribution in [0.4, 0.5) is 0 Å². The van der Waals surface area contributed by atoms with E-state index in [1.165, 1.54) is 0 Å². The highest BCUT2D eigenvalue weighted by atomic mass is 32.2. The van der Waals surface area contributed by atoms with Crippen LogP contribution in [0.15, 0.2) is 53.7 Å². The standard InChI is InChI=1S/C20H23N3O3S/c1-4-23-19(17-7-5-6-8-18(17)25-3)21-22-20(23)27-14-13-26-16-11-9-15(24-2)10-12-16/h5-12H,4,13-14H2,1-3H3. The van der Waals surface area contributed by atoms with E-state index in [1.807, 2.05) is 48.5 Å². The number of methoxy groups -OCH3 is 2. The molecule has 0 radical (unpaired) electrons. The van der Waals surface area contributed by atoms with Crippen LogP contribution in [-0.4, -0.2) is 41.3 Å². The Balaban J connectivity index is 1.63. The average molecular weight is 385 g/mol. The maximum absolute atomic E-state index is 5.77. The summed E-state index contributed by atoms with van der Waals surface area (Å²) in [6, 6.07) is 15.4. The summed E-state index contributed by atoms with van der Waals surface area (Å²) >= 11 is 1.63. The van der Waals surface area contributed by atoms with Gasteiger partial charge in [0.05, 0.1) is 26.4 Å². The zero-order chi connectivity index (χ0) is 19.1. The highest BCUT2D eigenvalue weighted by Gasteiger charge is 2.16. The molecule has 0 aliphatic heterocycles. The molecule has 6 nitrogen and oxygen atoms in total. The molecule has 3 rings (SSSR count). The first kappa shape index (κ1) is 19.1. The zero-order valence-corrected chi connectivity index (χ0v) is 16.5. The van der Waals surface area contributed by atoms with Crippen molar-refractivity contribution in [3.05, 3.63) is 48.5 Å². The Morgan fingerprint density at radius 3 is 2.37 bits per heavy atom. The van der Waals surface area contributed by atoms with Crippen LogP contribution in [0.25, 0.3) is 11.4 Å². The van der Waals surface area contributed by atoms with Gasteiger partial charge in [-0.1, -0.05) is 23.9 Å². The summed E-state index contributed by atoms with van der Waals surface area (Å²) < 4.78 is 18.5. The first-order chi connectivity index (χ1) is 13.3. The van der Waals surface area contributed by atoms with Crippen molar-refractivity contribution >= 4 is 11.8 Å². The van der Waals surface area contributed by atoms with Gasteiger partial charge in [-0.3, -0.25) is 0 Å². The van der Waals surface area contributed by atoms with Gasteiger partial charge in [-0.2, -0.15) is 0 Å². The van der Waals surface area contributed by atoms with Gasteiger partial charge in [-0.15, -0.1) is 10.2 Å². The first-order valence-electron chi connectivity index (χ1n) is 8.73. The summed E-state index contributed by atoms with van der Waals surface area (Å²) in [6.07, 6.45) is 0. The second-order valence-corrected chi connectivity index (χ2v) is 6.69. The molecule has 1 aromatic heterocycles. The Labute approximate surface area is 163 Å². The third-order valence-electron chi connectivity index (χ3n) is 4.02. The zero-order valence-electron chi connectivity index (χ0n) is 15.7. The molecular weight excluding hydrogens is 362 g/mol. The third-order valence-corrected chi connectivity index (χ3v) is 4.95. The molecule has 0 saturated heterocycles. The van der Waals surface area contributed by atoms with E-state index in [-0.39, 0.29) is 0 Å². The minimum atomic E-state index is 0.581. The average Bonchev–Trinajstić information content (AvgIpc) is 3.14. The Morgan fingerprint density at radius 2 is 1.67 bits per heavy atom. The molecule has 1 heterocycles. The molecule has 0 spiro atoms. The van der Waals surface area contributed by atoms with Crippen molar-refractivity contribution in [3.8, 4) is 28.6 Å². The lowest BCUT2D eigenvalue weighted by Gasteiger charge is -2.10. The molecule has 2 aromatic carbocycles. The van der Waals surface area contributed by atoms with Gasteiger partial charge < -0.3 is 18.8 Å². The molecule has 7 heteroatoms. The molecule has 27 heavy (non-hydrogen) atoms. The van der Waals surface area contributed by atoms with E-state index in [9.17, 15) is 0 Å². The molecule has 0 aliphatic rings. The topological polar surface area (TPSA) is 58.4 Å². The Bertz CT molecular complexity index is 865. The van der Waals surface area contributed by atoms with Crippen LogP contribution >= 0.6 is 11.8 Å². The number of nitrogens with zero attached hydrogens (tertiary/aromatic N) is 3. The predicted octanol–water partition coefficient (Wildman–Crippen LogP) is 4.15. The lowest BCUT2D eigenvalue weighted by Crippen LogP contribution is -2.04. The van der Waals surface area contributed by atoms with Crippen LogP contribution in [0.3, 0.4) is 0 Å². The summed E-state index contributed by atoms with van der Waals surface area (Å²) in [5.74, 6) is 4.02. The fraction of sp³-hybridized carbons (Fsp3) is 0.300. The van der Waals surface area contributed by atoms with E-state index in [0.29, 0.717) is 6.61 Å². The van der Waals surface area contributed by atoms with Crippen molar-refractivity contribution < 1.29 is 14.2 Å². The molecule has 0 bridgehead atoms. The van der Waals surface area contributed by atoms with Crippen molar-refractivity contribution in [2.24, 2.45) is 0 Å². The van der Waals surface area contributed by atoms with Crippen LogP contribution in [0.2, 0.25) is 0 Å². The highest BCUT2D eigenvalue weighted by Crippen LogP contribution is 2.30. The van der Waals surface area contributed by atoms with Crippen LogP contribution < -0.4 is 14.2 Å². The van der Waals surface area contributed by atoms with Crippen molar-refractivity contribution in [2.45, 2.75) is 18.6 Å². The molecule has 0 aliphatic carbocycles. The lowest BCUT2D eigenvalue weighted by molar-refractivity contribution is 0.342. The molecule has 0 amide bonds. The van der Waals surface area contributed by atoms with Crippen LogP contribution in [0.5, 0.6) is 17.2 Å². The monoisotopic (exact) mass is 385 g/mol. The number of rotatable bonds is 9. The first-order valence-corrected chi connectivity index (χ1v) is 9.71. The quantitative estimate of drug-likeness (QED) is 0.407. The number of thioether (sulfide) groups is 1. The Kier molecular flexibility index (Phi) is 6.59. The van der Waals surface area contributed by atoms with Gasteiger partial charge in [0, 0.05) is 12.3 Å². The van der Waals surface area contributed by atoms with Crippen molar-refractivity contribution in [2.75, 3.05) is 26.6 Å². The minimum absolute atomic E-state index is 0.581. The van der Waals surface area contributed by atoms with Crippen molar-refractivity contribution in [3.63, 3.8) is 0 Å². The SMILES string of the molecule is CCn1c(SCCOc2ccc(OC)cc2)nnc1-c1ccccc1OC. The molecule has 0 fully saturated rings. The van der Waals surface area contributed by atoms with Crippen molar-refractivity contribution in [1.82, 2.24) is 14.8 Å². The van der Waals surface area contributed by atoms with Gasteiger partial charge in [-0.25, -0.2) is 0 Å². The number of para-hydroxylation sites is 1. The van der Waals surface area contributed by atoms with E-state index in [2.05, 4.69) is 21.7 Å². The molecular formula is C20H23N3O3S. The summed E-state index contributed by atoms with van der Waals surface area (Å²) in [6.45, 7) is 3.44. The van der Waals surface area contributed by atoms with Gasteiger partial charge in [0.1, 0.15) is 17.2 Å². The van der Waals surface area contributed by atoms with Crippen molar-refractivity contribution in [1.29, 1.82) is 0 Å². The van der Waals surface area contributed by atoms with Gasteiger partial charge >= 0.3 is 0 Å². The van der Waals surface area contributed by atoms with Crippen LogP contribution in [-0.2, 0) is 6.54 Å². The molecule has 0 saturated carbocycles. The largest absolute Gasteiger partial charge is 0.497 e. The number of ether oxygens (including phenoxy) is 3. The molecule has 142 valence electrons. The molecule has 0 unspecified atom stereocenters. The summed E-state index contributed by atoms with van der Waals surface area (Å²) in [7, 11) is 3.31. The number of hydrogen-bond acceptors (Lipinski definition) is 6. The minimum Gasteiger partial charge on any atom is -0.497 e. The predicted molar refractivity (Wildman–Crippen MR) is 107 cm³/mol. The van der Waals surface area contributed by atoms with Crippen LogP contribution in [0, 0.1) is 0 Å². The number of aromatic nitrogens is 3. The van der Waals surface area contributed by atoms with Gasteiger partial charge in [0.25, 0.3) is 0 Å². The van der Waals surface area contributed by atoms with E-state index in [1.54, 1.807) is 26.0 Å². The second kappa shape index (κ2) is 9.32. The third kappa shape index (κ3) is 4.54. The second-order valence-electron chi connectivity index (χ2n) is 5.62. The summed E-state index contributed by atoms with van der Waals surface area (Å²) in [5, 5.41) is 9.61. The maximum atomic E-state index is 5.77. The van der Waals surface area contributed by atoms with E-state index in [0.717, 1.165) is 46.1 Å². The highest BCUT2D eigenvalue weighted by molar-refractivity contribution is 7.99. The Morgan fingerprint density at radius 1 is 0.926 bits per heavy atom. The normalized spacial score (nSPS) is 10.6. The molecule has 0 atom stereocenters. The number of benzene rings is 2. The van der Waals surface area contributed by atoms with Gasteiger partial charge in [-0.05, 0) is 43.3 Å². The molecule has 0 N–H and O–H groups in total. The van der Waals surface area contributed by atoms with E-state index < -0.39 is 0 Å². The van der Waals surface area contributed by atoms with E-state index >= 15 is 0 Å². The summed E-state index contributed by atoms with van der Waals surface area (Å²) in [4.78, 5) is 0. The smallest absolute Gasteiger partial charge is 0.191 e. The Hall–Kier alpha value is -2.67. The fourth-order valence-corrected chi connectivity index (χ4v) is 3.49. The summed E-state index contributed by atoms with van der Waals surface area (Å²) in [5.41, 5.74) is 0.940. The van der Waals surface area contributed by atoms with Gasteiger partial charge in [0.15, 0.2) is 11.0 Å². The van der Waals surface area contributed by atoms with E-state index in [4.69, 9.17) is 14.2 Å². The molecule has 3 aromatic rings. The number of hydrogen-bond donors (Lipinski definition) is 0. The fourth-order valence-electron chi connectivity index (χ4n) is 2.67. The maximum Gasteiger partial charge on any atom is 0.191 e. The van der Waals surface area contributed by atoms with Gasteiger partial charge in [0.2, 0.25) is 0 Å².